The number of alkyl halides is 2. The molecule has 4 unspecified atom stereocenters. The highest BCUT2D eigenvalue weighted by Gasteiger charge is 2.71. The van der Waals surface area contributed by atoms with Gasteiger partial charge >= 0.3 is 27.3 Å². The van der Waals surface area contributed by atoms with E-state index in [-0.39, 0.29) is 12.3 Å². The van der Waals surface area contributed by atoms with Crippen LogP contribution in [0.2, 0.25) is 0 Å². The van der Waals surface area contributed by atoms with Crippen LogP contribution in [-0.4, -0.2) is 42.9 Å². The molecule has 7 nitrogen and oxygen atoms in total. The minimum atomic E-state index is -5.69. The van der Waals surface area contributed by atoms with Crippen LogP contribution in [-0.2, 0) is 29.2 Å². The summed E-state index contributed by atoms with van der Waals surface area (Å²) in [7, 11) is -5.69. The van der Waals surface area contributed by atoms with Crippen molar-refractivity contribution in [2.75, 3.05) is 6.61 Å². The fraction of sp³-hybridized carbons (Fsp3) is 0.818. The first-order chi connectivity index (χ1) is 9.58. The molecule has 3 rings (SSSR count). The third kappa shape index (κ3) is 1.88. The number of rotatable bonds is 4. The molecule has 1 aliphatic heterocycles. The lowest BCUT2D eigenvalue weighted by Crippen LogP contribution is -2.44. The first kappa shape index (κ1) is 14.6. The van der Waals surface area contributed by atoms with E-state index in [1.54, 1.807) is 0 Å². The largest absolute Gasteiger partial charge is 0.461 e. The minimum absolute atomic E-state index is 0.0982. The number of carbonyl (C=O) groups is 2. The fourth-order valence-corrected chi connectivity index (χ4v) is 3.88. The molecule has 0 aromatic carbocycles. The van der Waals surface area contributed by atoms with E-state index in [0.717, 1.165) is 0 Å². The van der Waals surface area contributed by atoms with Crippen molar-refractivity contribution in [1.82, 2.24) is 0 Å². The predicted molar refractivity (Wildman–Crippen MR) is 60.6 cm³/mol. The fourth-order valence-electron chi connectivity index (χ4n) is 3.67. The Bertz CT molecular complexity index is 616. The lowest BCUT2D eigenvalue weighted by atomic mass is 9.74. The molecule has 2 saturated carbocycles. The Morgan fingerprint density at radius 2 is 2.14 bits per heavy atom. The summed E-state index contributed by atoms with van der Waals surface area (Å²) in [6.07, 6.45) is 1.00. The van der Waals surface area contributed by atoms with Crippen molar-refractivity contribution < 1.29 is 40.8 Å². The molecule has 0 aromatic heterocycles. The predicted octanol–water partition coefficient (Wildman–Crippen LogP) is 0.352. The summed E-state index contributed by atoms with van der Waals surface area (Å²) in [5, 5.41) is -4.61. The Morgan fingerprint density at radius 3 is 2.71 bits per heavy atom. The van der Waals surface area contributed by atoms with Gasteiger partial charge in [0, 0.05) is 5.92 Å². The Labute approximate surface area is 118 Å². The van der Waals surface area contributed by atoms with E-state index in [9.17, 15) is 26.8 Å². The molecular formula is C11H12F2O7S. The van der Waals surface area contributed by atoms with E-state index in [1.807, 2.05) is 0 Å². The molecule has 1 heterocycles. The van der Waals surface area contributed by atoms with Gasteiger partial charge in [-0.3, -0.25) is 14.1 Å². The highest BCUT2D eigenvalue weighted by molar-refractivity contribution is 7.86. The maximum absolute atomic E-state index is 13.1. The van der Waals surface area contributed by atoms with Crippen molar-refractivity contribution in [1.29, 1.82) is 0 Å². The van der Waals surface area contributed by atoms with Gasteiger partial charge < -0.3 is 9.47 Å². The van der Waals surface area contributed by atoms with Crippen LogP contribution in [0.3, 0.4) is 0 Å². The molecule has 2 bridgehead atoms. The second kappa shape index (κ2) is 4.13. The Morgan fingerprint density at radius 1 is 1.48 bits per heavy atom. The second-order valence-corrected chi connectivity index (χ2v) is 7.30. The second-order valence-electron chi connectivity index (χ2n) is 5.75. The van der Waals surface area contributed by atoms with E-state index in [2.05, 4.69) is 4.74 Å². The Kier molecular flexibility index (Phi) is 2.88. The standard InChI is InChI=1S/C11H12F2O7S/c12-11(13,21(16,17)18)4-19-8(14)10-3-5-1-6(10)7(2-5)20-9(10)15/h5-7H,1-4H2,(H,16,17,18). The van der Waals surface area contributed by atoms with Gasteiger partial charge in [-0.2, -0.15) is 17.2 Å². The van der Waals surface area contributed by atoms with Gasteiger partial charge in [-0.1, -0.05) is 0 Å². The summed E-state index contributed by atoms with van der Waals surface area (Å²) in [5.41, 5.74) is -1.59. The van der Waals surface area contributed by atoms with E-state index in [4.69, 9.17) is 9.29 Å². The SMILES string of the molecule is O=C(OCC(F)(F)S(=O)(=O)O)C12CC3CC(OC1=O)C2C3. The number of halogens is 2. The van der Waals surface area contributed by atoms with Crippen molar-refractivity contribution in [3.63, 3.8) is 0 Å². The van der Waals surface area contributed by atoms with Gasteiger partial charge in [0.25, 0.3) is 0 Å². The third-order valence-corrected chi connectivity index (χ3v) is 5.45. The number of ether oxygens (including phenoxy) is 2. The maximum atomic E-state index is 13.1. The van der Waals surface area contributed by atoms with Crippen molar-refractivity contribution in [3.05, 3.63) is 0 Å². The minimum Gasteiger partial charge on any atom is -0.461 e. The smallest absolute Gasteiger partial charge is 0.402 e. The third-order valence-electron chi connectivity index (χ3n) is 4.58. The number of hydrogen-bond donors (Lipinski definition) is 1. The molecular weight excluding hydrogens is 314 g/mol. The first-order valence-electron chi connectivity index (χ1n) is 6.31. The van der Waals surface area contributed by atoms with Crippen molar-refractivity contribution >= 4 is 22.1 Å². The molecule has 1 saturated heterocycles. The molecule has 0 spiro atoms. The zero-order chi connectivity index (χ0) is 15.6. The zero-order valence-corrected chi connectivity index (χ0v) is 11.4. The van der Waals surface area contributed by atoms with Crippen molar-refractivity contribution in [2.24, 2.45) is 17.3 Å². The van der Waals surface area contributed by atoms with Gasteiger partial charge in [-0.15, -0.1) is 0 Å². The van der Waals surface area contributed by atoms with Crippen LogP contribution in [0.15, 0.2) is 0 Å². The summed E-state index contributed by atoms with van der Waals surface area (Å²) in [4.78, 5) is 24.0. The first-order valence-corrected chi connectivity index (χ1v) is 7.75. The Balaban J connectivity index is 1.76. The van der Waals surface area contributed by atoms with Crippen LogP contribution in [0, 0.1) is 17.3 Å². The van der Waals surface area contributed by atoms with Gasteiger partial charge in [0.05, 0.1) is 0 Å². The van der Waals surface area contributed by atoms with Gasteiger partial charge in [0.2, 0.25) is 0 Å². The van der Waals surface area contributed by atoms with E-state index < -0.39 is 51.4 Å². The Hall–Kier alpha value is -1.29. The van der Waals surface area contributed by atoms with Crippen molar-refractivity contribution in [3.8, 4) is 0 Å². The van der Waals surface area contributed by atoms with Gasteiger partial charge in [-0.05, 0) is 25.2 Å². The molecule has 21 heavy (non-hydrogen) atoms. The molecule has 2 aliphatic carbocycles. The highest BCUT2D eigenvalue weighted by atomic mass is 32.2. The summed E-state index contributed by atoms with van der Waals surface area (Å²) in [6, 6.07) is 0. The molecule has 118 valence electrons. The highest BCUT2D eigenvalue weighted by Crippen LogP contribution is 2.62. The molecule has 0 amide bonds. The van der Waals surface area contributed by atoms with Crippen LogP contribution in [0.5, 0.6) is 0 Å². The molecule has 0 aromatic rings. The molecule has 1 N–H and O–H groups in total. The average Bonchev–Trinajstić information content (AvgIpc) is 2.94. The monoisotopic (exact) mass is 326 g/mol. The van der Waals surface area contributed by atoms with E-state index in [0.29, 0.717) is 12.8 Å². The summed E-state index contributed by atoms with van der Waals surface area (Å²) in [6.45, 7) is -1.83. The van der Waals surface area contributed by atoms with Gasteiger partial charge in [0.1, 0.15) is 6.10 Å². The number of carbonyl (C=O) groups excluding carboxylic acids is 2. The lowest BCUT2D eigenvalue weighted by molar-refractivity contribution is -0.169. The quantitative estimate of drug-likeness (QED) is 0.451. The molecule has 4 atom stereocenters. The number of esters is 2. The van der Waals surface area contributed by atoms with Crippen LogP contribution >= 0.6 is 0 Å². The number of fused-ring (bicyclic) bond motifs is 1. The van der Waals surface area contributed by atoms with Crippen LogP contribution in [0.25, 0.3) is 0 Å². The van der Waals surface area contributed by atoms with Crippen LogP contribution in [0.1, 0.15) is 19.3 Å². The molecule has 0 radical (unpaired) electrons. The van der Waals surface area contributed by atoms with Gasteiger partial charge in [0.15, 0.2) is 12.0 Å². The van der Waals surface area contributed by atoms with Crippen LogP contribution in [0.4, 0.5) is 8.78 Å². The zero-order valence-electron chi connectivity index (χ0n) is 10.6. The van der Waals surface area contributed by atoms with E-state index >= 15 is 0 Å². The van der Waals surface area contributed by atoms with Crippen molar-refractivity contribution in [2.45, 2.75) is 30.6 Å². The van der Waals surface area contributed by atoms with E-state index in [1.165, 1.54) is 0 Å². The molecule has 10 heteroatoms. The molecule has 3 fully saturated rings. The average molecular weight is 326 g/mol. The summed E-state index contributed by atoms with van der Waals surface area (Å²) >= 11 is 0. The topological polar surface area (TPSA) is 107 Å². The van der Waals surface area contributed by atoms with Gasteiger partial charge in [-0.25, -0.2) is 0 Å². The summed E-state index contributed by atoms with van der Waals surface area (Å²) in [5.74, 6) is -2.30. The van der Waals surface area contributed by atoms with Crippen LogP contribution < -0.4 is 0 Å². The summed E-state index contributed by atoms with van der Waals surface area (Å²) < 4.78 is 64.8. The number of hydrogen-bond acceptors (Lipinski definition) is 6. The lowest BCUT2D eigenvalue weighted by Gasteiger charge is -2.26. The maximum Gasteiger partial charge on any atom is 0.402 e. The molecule has 3 aliphatic rings. The normalized spacial score (nSPS) is 37.7.